The van der Waals surface area contributed by atoms with Gasteiger partial charge in [-0.2, -0.15) is 0 Å². The molecule has 0 bridgehead atoms. The van der Waals surface area contributed by atoms with E-state index in [1.54, 1.807) is 0 Å². The first-order chi connectivity index (χ1) is 22.9. The van der Waals surface area contributed by atoms with Gasteiger partial charge in [0.15, 0.2) is 0 Å². The van der Waals surface area contributed by atoms with Crippen LogP contribution >= 0.6 is 0 Å². The molecule has 0 amide bonds. The number of para-hydroxylation sites is 2. The van der Waals surface area contributed by atoms with Crippen molar-refractivity contribution < 1.29 is 0 Å². The van der Waals surface area contributed by atoms with Crippen LogP contribution < -0.4 is 32.2 Å². The van der Waals surface area contributed by atoms with Crippen molar-refractivity contribution in [3.8, 4) is 39.1 Å². The number of hydrogen-bond acceptors (Lipinski definition) is 2. The van der Waals surface area contributed by atoms with Crippen molar-refractivity contribution in [1.82, 2.24) is 9.55 Å². The molecule has 7 aromatic rings. The summed E-state index contributed by atoms with van der Waals surface area (Å²) < 4.78 is 2.32. The Kier molecular flexibility index (Phi) is 7.06. The largest absolute Gasteiger partial charge is 0.306 e. The standard InChI is InChI=1S/C39H24B5N3/c1-2-32-45-28-9-6-10-30-39(28)47(32)29-20-19-26(21-31(29)46(30)27-7-4-3-5-8-27)24-13-11-22(12-14-24)23-15-17-25(18-16-23)33-34(40)36(42)38(44)37(43)35(33)41/h3-21H,2H2,1H3. The van der Waals surface area contributed by atoms with E-state index in [2.05, 4.69) is 107 Å². The average molecular weight is 589 g/mol. The molecular formula is C39H24B5N3. The number of benzene rings is 6. The maximum Gasteiger partial charge on any atom is 0.114 e. The molecule has 6 aromatic carbocycles. The van der Waals surface area contributed by atoms with Crippen molar-refractivity contribution in [3.63, 3.8) is 0 Å². The molecule has 8 rings (SSSR count). The number of aromatic nitrogens is 2. The summed E-state index contributed by atoms with van der Waals surface area (Å²) in [5.74, 6) is 1.05. The molecule has 8 heteroatoms. The number of aryl methyl sites for hydroxylation is 1. The fourth-order valence-electron chi connectivity index (χ4n) is 6.74. The number of nitrogens with zero attached hydrogens (tertiary/aromatic N) is 3. The fraction of sp³-hybridized carbons (Fsp3) is 0.0513. The number of fused-ring (bicyclic) bond motifs is 2. The molecule has 0 saturated carbocycles. The van der Waals surface area contributed by atoms with Crippen LogP contribution in [0.15, 0.2) is 115 Å². The van der Waals surface area contributed by atoms with Gasteiger partial charge in [-0.1, -0.05) is 96.7 Å². The molecule has 0 aliphatic carbocycles. The first-order valence-electron chi connectivity index (χ1n) is 15.6. The van der Waals surface area contributed by atoms with Gasteiger partial charge in [0.25, 0.3) is 0 Å². The second-order valence-corrected chi connectivity index (χ2v) is 11.8. The SMILES string of the molecule is [B]c1c([B])c([B])c(-c2ccc(-c3ccc(-c4ccc5c(c4)N(c4ccccc4)c4cccc6nc(CC)n-5c46)cc3)cc2)c([B])c1[B]. The summed E-state index contributed by atoms with van der Waals surface area (Å²) in [7, 11) is 30.8. The van der Waals surface area contributed by atoms with Gasteiger partial charge in [0.2, 0.25) is 0 Å². The van der Waals surface area contributed by atoms with Crippen LogP contribution in [0, 0.1) is 0 Å². The van der Waals surface area contributed by atoms with Gasteiger partial charge in [-0.05, 0) is 69.8 Å². The highest BCUT2D eigenvalue weighted by Crippen LogP contribution is 2.48. The monoisotopic (exact) mass is 589 g/mol. The molecule has 0 saturated heterocycles. The van der Waals surface area contributed by atoms with Gasteiger partial charge in [0.1, 0.15) is 45.1 Å². The minimum absolute atomic E-state index is 0.210. The zero-order valence-electron chi connectivity index (χ0n) is 25.9. The van der Waals surface area contributed by atoms with E-state index in [-0.39, 0.29) is 16.4 Å². The lowest BCUT2D eigenvalue weighted by Crippen LogP contribution is -2.55. The molecule has 0 N–H and O–H groups in total. The molecule has 10 radical (unpaired) electrons. The van der Waals surface area contributed by atoms with Crippen LogP contribution in [0.25, 0.3) is 50.1 Å². The van der Waals surface area contributed by atoms with E-state index in [1.807, 2.05) is 24.3 Å². The van der Waals surface area contributed by atoms with Gasteiger partial charge in [0, 0.05) is 12.1 Å². The highest BCUT2D eigenvalue weighted by molar-refractivity contribution is 6.68. The Balaban J connectivity index is 1.17. The van der Waals surface area contributed by atoms with Crippen LogP contribution in [-0.4, -0.2) is 48.8 Å². The maximum atomic E-state index is 6.29. The highest BCUT2D eigenvalue weighted by atomic mass is 15.2. The Bertz CT molecular complexity index is 2300. The Hall–Kier alpha value is -5.09. The van der Waals surface area contributed by atoms with Crippen LogP contribution in [0.1, 0.15) is 12.7 Å². The van der Waals surface area contributed by atoms with Crippen molar-refractivity contribution >= 4 is 94.6 Å². The van der Waals surface area contributed by atoms with Crippen LogP contribution in [0.5, 0.6) is 0 Å². The van der Waals surface area contributed by atoms with Crippen LogP contribution in [0.2, 0.25) is 0 Å². The lowest BCUT2D eigenvalue weighted by molar-refractivity contribution is 0.900. The molecule has 1 aromatic heterocycles. The van der Waals surface area contributed by atoms with Crippen LogP contribution in [-0.2, 0) is 6.42 Å². The molecule has 2 heterocycles. The fourth-order valence-corrected chi connectivity index (χ4v) is 6.74. The second-order valence-electron chi connectivity index (χ2n) is 11.8. The van der Waals surface area contributed by atoms with Gasteiger partial charge in [-0.15, -0.1) is 16.4 Å². The molecule has 1 aliphatic heterocycles. The average Bonchev–Trinajstić information content (AvgIpc) is 3.51. The number of imidazole rings is 1. The van der Waals surface area contributed by atoms with E-state index in [0.717, 1.165) is 73.8 Å². The third kappa shape index (κ3) is 4.61. The quantitative estimate of drug-likeness (QED) is 0.279. The summed E-state index contributed by atoms with van der Waals surface area (Å²) >= 11 is 0. The summed E-state index contributed by atoms with van der Waals surface area (Å²) in [6, 6.07) is 40.2. The van der Waals surface area contributed by atoms with E-state index in [4.69, 9.17) is 44.2 Å². The van der Waals surface area contributed by atoms with E-state index in [0.29, 0.717) is 16.5 Å². The first kappa shape index (κ1) is 29.3. The van der Waals surface area contributed by atoms with Crippen molar-refractivity contribution in [3.05, 3.63) is 121 Å². The summed E-state index contributed by atoms with van der Waals surface area (Å²) in [6.07, 6.45) is 0.839. The third-order valence-electron chi connectivity index (χ3n) is 9.18. The Morgan fingerprint density at radius 1 is 0.511 bits per heavy atom. The number of anilines is 3. The predicted octanol–water partition coefficient (Wildman–Crippen LogP) is 4.34. The third-order valence-corrected chi connectivity index (χ3v) is 9.18. The molecule has 0 unspecified atom stereocenters. The van der Waals surface area contributed by atoms with Gasteiger partial charge in [-0.25, -0.2) is 4.98 Å². The normalized spacial score (nSPS) is 12.0. The molecule has 0 spiro atoms. The highest BCUT2D eigenvalue weighted by Gasteiger charge is 2.29. The van der Waals surface area contributed by atoms with Crippen molar-refractivity contribution in [1.29, 1.82) is 0 Å². The molecule has 0 atom stereocenters. The van der Waals surface area contributed by atoms with Gasteiger partial charge < -0.3 is 4.90 Å². The molecule has 1 aliphatic rings. The Labute approximate surface area is 281 Å². The Morgan fingerprint density at radius 3 is 1.68 bits per heavy atom. The minimum atomic E-state index is 0.210. The second kappa shape index (κ2) is 11.3. The van der Waals surface area contributed by atoms with E-state index >= 15 is 0 Å². The van der Waals surface area contributed by atoms with E-state index < -0.39 is 0 Å². The number of rotatable bonds is 5. The summed E-state index contributed by atoms with van der Waals surface area (Å²) in [5.41, 5.74) is 13.8. The van der Waals surface area contributed by atoms with Crippen LogP contribution in [0.3, 0.4) is 0 Å². The molecule has 47 heavy (non-hydrogen) atoms. The minimum Gasteiger partial charge on any atom is -0.306 e. The van der Waals surface area contributed by atoms with Crippen molar-refractivity contribution in [2.24, 2.45) is 0 Å². The predicted molar refractivity (Wildman–Crippen MR) is 202 cm³/mol. The van der Waals surface area contributed by atoms with Gasteiger partial charge in [0.05, 0.1) is 28.1 Å². The summed E-state index contributed by atoms with van der Waals surface area (Å²) in [6.45, 7) is 2.16. The van der Waals surface area contributed by atoms with E-state index in [1.165, 1.54) is 0 Å². The topological polar surface area (TPSA) is 21.1 Å². The summed E-state index contributed by atoms with van der Waals surface area (Å²) in [4.78, 5) is 7.35. The maximum absolute atomic E-state index is 6.29. The van der Waals surface area contributed by atoms with Crippen LogP contribution in [0.4, 0.5) is 17.1 Å². The molecule has 3 nitrogen and oxygen atoms in total. The smallest absolute Gasteiger partial charge is 0.114 e. The van der Waals surface area contributed by atoms with Crippen molar-refractivity contribution in [2.75, 3.05) is 4.90 Å². The molecule has 0 fully saturated rings. The number of hydrogen-bond donors (Lipinski definition) is 0. The zero-order valence-corrected chi connectivity index (χ0v) is 25.9. The lowest BCUT2D eigenvalue weighted by atomic mass is 9.59. The van der Waals surface area contributed by atoms with E-state index in [9.17, 15) is 0 Å². The first-order valence-corrected chi connectivity index (χ1v) is 15.6. The zero-order chi connectivity index (χ0) is 32.4. The molecular weight excluding hydrogens is 565 g/mol. The molecule has 210 valence electrons. The lowest BCUT2D eigenvalue weighted by Gasteiger charge is -2.33. The van der Waals surface area contributed by atoms with Crippen molar-refractivity contribution in [2.45, 2.75) is 13.3 Å². The summed E-state index contributed by atoms with van der Waals surface area (Å²) in [5, 5.41) is 0. The van der Waals surface area contributed by atoms with Gasteiger partial charge in [-0.3, -0.25) is 4.57 Å². The van der Waals surface area contributed by atoms with Gasteiger partial charge >= 0.3 is 0 Å². The Morgan fingerprint density at radius 2 is 1.06 bits per heavy atom.